The Morgan fingerprint density at radius 1 is 1.16 bits per heavy atom. The van der Waals surface area contributed by atoms with E-state index in [4.69, 9.17) is 25.8 Å². The van der Waals surface area contributed by atoms with E-state index >= 15 is 0 Å². The molecule has 8 heteroatoms. The summed E-state index contributed by atoms with van der Waals surface area (Å²) in [4.78, 5) is 13.1. The van der Waals surface area contributed by atoms with Gasteiger partial charge in [0.1, 0.15) is 17.2 Å². The van der Waals surface area contributed by atoms with E-state index in [1.807, 2.05) is 18.2 Å². The number of ether oxygens (including phenoxy) is 3. The van der Waals surface area contributed by atoms with Crippen molar-refractivity contribution in [2.45, 2.75) is 18.8 Å². The number of rotatable bonds is 6. The first kappa shape index (κ1) is 21.2. The number of anilines is 1. The summed E-state index contributed by atoms with van der Waals surface area (Å²) in [5.74, 6) is 1.17. The van der Waals surface area contributed by atoms with E-state index in [1.165, 1.54) is 0 Å². The smallest absolute Gasteiger partial charge is 0.257 e. The molecule has 2 N–H and O–H groups in total. The van der Waals surface area contributed by atoms with Crippen LogP contribution in [0.15, 0.2) is 42.5 Å². The standard InChI is InChI=1S/C23H24ClN3O4/c1-29-15-7-8-19(30-2)17(13-15)21-22(20(26-27-21)14-9-11-31-12-10-14)25-23(28)16-5-3-4-6-18(16)24/h3-8,13-14H,9-12H2,1-2H3,(H,25,28)(H,26,27). The second kappa shape index (κ2) is 9.41. The molecule has 162 valence electrons. The lowest BCUT2D eigenvalue weighted by Gasteiger charge is -2.22. The third-order valence-corrected chi connectivity index (χ3v) is 5.77. The molecule has 1 amide bonds. The first-order valence-electron chi connectivity index (χ1n) is 10.1. The first-order chi connectivity index (χ1) is 15.1. The highest BCUT2D eigenvalue weighted by Crippen LogP contribution is 2.41. The van der Waals surface area contributed by atoms with E-state index in [9.17, 15) is 4.79 Å². The zero-order valence-electron chi connectivity index (χ0n) is 17.4. The van der Waals surface area contributed by atoms with Crippen molar-refractivity contribution in [3.8, 4) is 22.8 Å². The third kappa shape index (κ3) is 4.38. The van der Waals surface area contributed by atoms with Gasteiger partial charge in [-0.15, -0.1) is 0 Å². The third-order valence-electron chi connectivity index (χ3n) is 5.44. The Balaban J connectivity index is 1.80. The highest BCUT2D eigenvalue weighted by Gasteiger charge is 2.27. The zero-order valence-corrected chi connectivity index (χ0v) is 18.2. The molecule has 2 aromatic carbocycles. The first-order valence-corrected chi connectivity index (χ1v) is 10.4. The average Bonchev–Trinajstić information content (AvgIpc) is 3.22. The van der Waals surface area contributed by atoms with Gasteiger partial charge in [0.15, 0.2) is 0 Å². The fourth-order valence-corrected chi connectivity index (χ4v) is 4.01. The highest BCUT2D eigenvalue weighted by molar-refractivity contribution is 6.34. The number of carbonyl (C=O) groups is 1. The summed E-state index contributed by atoms with van der Waals surface area (Å²) in [6.07, 6.45) is 1.68. The minimum atomic E-state index is -0.302. The topological polar surface area (TPSA) is 85.5 Å². The number of nitrogens with one attached hydrogen (secondary N) is 2. The van der Waals surface area contributed by atoms with Gasteiger partial charge in [-0.3, -0.25) is 9.89 Å². The molecular formula is C23H24ClN3O4. The molecule has 1 saturated heterocycles. The minimum absolute atomic E-state index is 0.188. The zero-order chi connectivity index (χ0) is 21.8. The number of aromatic amines is 1. The maximum absolute atomic E-state index is 13.1. The molecule has 0 atom stereocenters. The number of aromatic nitrogens is 2. The number of hydrogen-bond acceptors (Lipinski definition) is 5. The molecule has 31 heavy (non-hydrogen) atoms. The molecule has 4 rings (SSSR count). The molecule has 1 aromatic heterocycles. The highest BCUT2D eigenvalue weighted by atomic mass is 35.5. The molecule has 2 heterocycles. The van der Waals surface area contributed by atoms with Crippen LogP contribution in [0, 0.1) is 0 Å². The van der Waals surface area contributed by atoms with Gasteiger partial charge in [0, 0.05) is 24.7 Å². The molecule has 1 aliphatic rings. The van der Waals surface area contributed by atoms with Gasteiger partial charge in [0.25, 0.3) is 5.91 Å². The van der Waals surface area contributed by atoms with E-state index in [0.717, 1.165) is 18.5 Å². The number of halogens is 1. The predicted molar refractivity (Wildman–Crippen MR) is 119 cm³/mol. The van der Waals surface area contributed by atoms with Crippen LogP contribution in [0.4, 0.5) is 5.69 Å². The summed E-state index contributed by atoms with van der Waals surface area (Å²) in [7, 11) is 3.20. The lowest BCUT2D eigenvalue weighted by atomic mass is 9.94. The van der Waals surface area contributed by atoms with Crippen molar-refractivity contribution >= 4 is 23.2 Å². The van der Waals surface area contributed by atoms with Gasteiger partial charge in [-0.2, -0.15) is 5.10 Å². The molecule has 1 fully saturated rings. The van der Waals surface area contributed by atoms with Crippen LogP contribution >= 0.6 is 11.6 Å². The largest absolute Gasteiger partial charge is 0.497 e. The van der Waals surface area contributed by atoms with Crippen LogP contribution in [0.25, 0.3) is 11.3 Å². The molecule has 1 aliphatic heterocycles. The average molecular weight is 442 g/mol. The molecule has 0 unspecified atom stereocenters. The summed E-state index contributed by atoms with van der Waals surface area (Å²) < 4.78 is 16.5. The van der Waals surface area contributed by atoms with Crippen molar-refractivity contribution in [1.29, 1.82) is 0 Å². The second-order valence-corrected chi connectivity index (χ2v) is 7.65. The van der Waals surface area contributed by atoms with Crippen LogP contribution in [-0.4, -0.2) is 43.5 Å². The van der Waals surface area contributed by atoms with E-state index in [0.29, 0.717) is 52.2 Å². The van der Waals surface area contributed by atoms with Crippen LogP contribution in [0.2, 0.25) is 5.02 Å². The van der Waals surface area contributed by atoms with Crippen molar-refractivity contribution in [2.75, 3.05) is 32.8 Å². The Labute approximate surface area is 185 Å². The van der Waals surface area contributed by atoms with Gasteiger partial charge in [0.05, 0.1) is 36.2 Å². The van der Waals surface area contributed by atoms with Crippen LogP contribution in [0.3, 0.4) is 0 Å². The van der Waals surface area contributed by atoms with Gasteiger partial charge in [-0.1, -0.05) is 23.7 Å². The Bertz CT molecular complexity index is 1080. The molecule has 7 nitrogen and oxygen atoms in total. The summed E-state index contributed by atoms with van der Waals surface area (Å²) in [5.41, 5.74) is 3.17. The fraction of sp³-hybridized carbons (Fsp3) is 0.304. The van der Waals surface area contributed by atoms with Gasteiger partial charge in [0.2, 0.25) is 0 Å². The number of hydrogen-bond donors (Lipinski definition) is 2. The number of benzene rings is 2. The van der Waals surface area contributed by atoms with Gasteiger partial charge >= 0.3 is 0 Å². The van der Waals surface area contributed by atoms with Gasteiger partial charge in [-0.25, -0.2) is 0 Å². The van der Waals surface area contributed by atoms with E-state index in [2.05, 4.69) is 15.5 Å². The van der Waals surface area contributed by atoms with Crippen LogP contribution in [-0.2, 0) is 4.74 Å². The summed E-state index contributed by atoms with van der Waals surface area (Å²) in [6.45, 7) is 1.33. The normalized spacial score (nSPS) is 14.3. The second-order valence-electron chi connectivity index (χ2n) is 7.25. The summed E-state index contributed by atoms with van der Waals surface area (Å²) in [5, 5.41) is 11.2. The van der Waals surface area contributed by atoms with Crippen molar-refractivity contribution in [3.63, 3.8) is 0 Å². The Morgan fingerprint density at radius 3 is 2.65 bits per heavy atom. The Hall–Kier alpha value is -3.03. The fourth-order valence-electron chi connectivity index (χ4n) is 3.78. The molecule has 3 aromatic rings. The van der Waals surface area contributed by atoms with Crippen molar-refractivity contribution < 1.29 is 19.0 Å². The Kier molecular flexibility index (Phi) is 6.44. The minimum Gasteiger partial charge on any atom is -0.497 e. The van der Waals surface area contributed by atoms with Crippen LogP contribution in [0.1, 0.15) is 34.8 Å². The van der Waals surface area contributed by atoms with Crippen LogP contribution < -0.4 is 14.8 Å². The van der Waals surface area contributed by atoms with Crippen molar-refractivity contribution in [1.82, 2.24) is 10.2 Å². The van der Waals surface area contributed by atoms with E-state index < -0.39 is 0 Å². The molecule has 0 saturated carbocycles. The number of carbonyl (C=O) groups excluding carboxylic acids is 1. The van der Waals surface area contributed by atoms with E-state index in [1.54, 1.807) is 38.5 Å². The van der Waals surface area contributed by atoms with Gasteiger partial charge < -0.3 is 19.5 Å². The number of H-pyrrole nitrogens is 1. The summed E-state index contributed by atoms with van der Waals surface area (Å²) in [6, 6.07) is 12.4. The molecule has 0 spiro atoms. The predicted octanol–water partition coefficient (Wildman–Crippen LogP) is 4.89. The van der Waals surface area contributed by atoms with E-state index in [-0.39, 0.29) is 11.8 Å². The maximum Gasteiger partial charge on any atom is 0.257 e. The lowest BCUT2D eigenvalue weighted by molar-refractivity contribution is 0.0846. The number of nitrogens with zero attached hydrogens (tertiary/aromatic N) is 1. The molecule has 0 aliphatic carbocycles. The monoisotopic (exact) mass is 441 g/mol. The maximum atomic E-state index is 13.1. The summed E-state index contributed by atoms with van der Waals surface area (Å²) >= 11 is 6.25. The number of amides is 1. The lowest BCUT2D eigenvalue weighted by Crippen LogP contribution is -2.18. The molecular weight excluding hydrogens is 418 g/mol. The molecule has 0 bridgehead atoms. The molecule has 0 radical (unpaired) electrons. The van der Waals surface area contributed by atoms with Crippen LogP contribution in [0.5, 0.6) is 11.5 Å². The van der Waals surface area contributed by atoms with Gasteiger partial charge in [-0.05, 0) is 43.2 Å². The number of methoxy groups -OCH3 is 2. The Morgan fingerprint density at radius 2 is 1.94 bits per heavy atom. The quantitative estimate of drug-likeness (QED) is 0.568. The van der Waals surface area contributed by atoms with Crippen molar-refractivity contribution in [3.05, 3.63) is 58.7 Å². The SMILES string of the molecule is COc1ccc(OC)c(-c2n[nH]c(C3CCOCC3)c2NC(=O)c2ccccc2Cl)c1. The van der Waals surface area contributed by atoms with Crippen molar-refractivity contribution in [2.24, 2.45) is 0 Å².